The van der Waals surface area contributed by atoms with Crippen molar-refractivity contribution in [1.82, 2.24) is 20.6 Å². The number of carboxylic acids is 1. The summed E-state index contributed by atoms with van der Waals surface area (Å²) in [6, 6.07) is -1.48. The lowest BCUT2D eigenvalue weighted by Crippen LogP contribution is -2.52. The number of H-pyrrole nitrogens is 1. The fourth-order valence-corrected chi connectivity index (χ4v) is 1.39. The first-order chi connectivity index (χ1) is 8.30. The van der Waals surface area contributed by atoms with Gasteiger partial charge < -0.3 is 20.7 Å². The largest absolute Gasteiger partial charge is 0.480 e. The highest BCUT2D eigenvalue weighted by Crippen LogP contribution is 2.19. The van der Waals surface area contributed by atoms with E-state index >= 15 is 0 Å². The Balaban J connectivity index is 2.49. The molecule has 7 heteroatoms. The standard InChI is InChI=1S/C11H18N4O3/c1-11(2,3)8(9(16)17)15-10(18)14-6-7-12-4-5-13-7/h4-5,8H,6H2,1-3H3,(H,12,13)(H,16,17)(H2,14,15,18)/t8-/m1/s1. The Morgan fingerprint density at radius 3 is 2.61 bits per heavy atom. The normalized spacial score (nSPS) is 12.8. The van der Waals surface area contributed by atoms with Crippen molar-refractivity contribution in [2.45, 2.75) is 33.4 Å². The SMILES string of the molecule is CC(C)(C)[C@H](NC(=O)NCc1ncc[nH]1)C(=O)O. The number of urea groups is 1. The third kappa shape index (κ3) is 4.08. The molecule has 1 rings (SSSR count). The number of aromatic nitrogens is 2. The summed E-state index contributed by atoms with van der Waals surface area (Å²) in [7, 11) is 0. The molecule has 0 saturated carbocycles. The molecule has 0 saturated heterocycles. The van der Waals surface area contributed by atoms with Crippen molar-refractivity contribution in [2.75, 3.05) is 0 Å². The van der Waals surface area contributed by atoms with Crippen molar-refractivity contribution in [3.05, 3.63) is 18.2 Å². The van der Waals surface area contributed by atoms with E-state index in [1.807, 2.05) is 0 Å². The van der Waals surface area contributed by atoms with Crippen molar-refractivity contribution >= 4 is 12.0 Å². The van der Waals surface area contributed by atoms with E-state index in [9.17, 15) is 9.59 Å². The molecule has 0 spiro atoms. The molecule has 100 valence electrons. The van der Waals surface area contributed by atoms with Gasteiger partial charge in [-0.3, -0.25) is 0 Å². The van der Waals surface area contributed by atoms with Crippen molar-refractivity contribution in [1.29, 1.82) is 0 Å². The molecule has 0 aliphatic heterocycles. The van der Waals surface area contributed by atoms with Gasteiger partial charge in [-0.25, -0.2) is 14.6 Å². The number of aromatic amines is 1. The van der Waals surface area contributed by atoms with Crippen LogP contribution in [0.4, 0.5) is 4.79 Å². The van der Waals surface area contributed by atoms with Gasteiger partial charge in [0.1, 0.15) is 11.9 Å². The van der Waals surface area contributed by atoms with E-state index in [4.69, 9.17) is 5.11 Å². The monoisotopic (exact) mass is 254 g/mol. The van der Waals surface area contributed by atoms with E-state index in [0.29, 0.717) is 5.82 Å². The molecule has 2 amide bonds. The molecule has 1 heterocycles. The summed E-state index contributed by atoms with van der Waals surface area (Å²) in [6.07, 6.45) is 3.22. The first-order valence-corrected chi connectivity index (χ1v) is 5.56. The molecule has 0 aliphatic rings. The number of carboxylic acid groups (broad SMARTS) is 1. The molecule has 0 radical (unpaired) electrons. The second-order valence-corrected chi connectivity index (χ2v) is 5.00. The van der Waals surface area contributed by atoms with Crippen LogP contribution in [0.25, 0.3) is 0 Å². The highest BCUT2D eigenvalue weighted by Gasteiger charge is 2.32. The second kappa shape index (κ2) is 5.52. The first kappa shape index (κ1) is 14.0. The highest BCUT2D eigenvalue weighted by atomic mass is 16.4. The van der Waals surface area contributed by atoms with E-state index in [0.717, 1.165) is 0 Å². The smallest absolute Gasteiger partial charge is 0.326 e. The number of hydrogen-bond donors (Lipinski definition) is 4. The highest BCUT2D eigenvalue weighted by molar-refractivity contribution is 5.83. The molecular weight excluding hydrogens is 236 g/mol. The van der Waals surface area contributed by atoms with Gasteiger partial charge in [-0.05, 0) is 5.41 Å². The Labute approximate surface area is 105 Å². The number of aliphatic carboxylic acids is 1. The quantitative estimate of drug-likeness (QED) is 0.634. The summed E-state index contributed by atoms with van der Waals surface area (Å²) in [5.41, 5.74) is -0.562. The molecule has 0 fully saturated rings. The van der Waals surface area contributed by atoms with E-state index in [-0.39, 0.29) is 6.54 Å². The van der Waals surface area contributed by atoms with Gasteiger partial charge >= 0.3 is 12.0 Å². The summed E-state index contributed by atoms with van der Waals surface area (Å²) < 4.78 is 0. The molecule has 18 heavy (non-hydrogen) atoms. The van der Waals surface area contributed by atoms with Crippen LogP contribution in [-0.2, 0) is 11.3 Å². The van der Waals surface area contributed by atoms with Crippen LogP contribution in [0.15, 0.2) is 12.4 Å². The van der Waals surface area contributed by atoms with Crippen LogP contribution in [0.5, 0.6) is 0 Å². The lowest BCUT2D eigenvalue weighted by atomic mass is 9.87. The minimum Gasteiger partial charge on any atom is -0.480 e. The van der Waals surface area contributed by atoms with Crippen LogP contribution in [-0.4, -0.2) is 33.1 Å². The maximum atomic E-state index is 11.6. The number of rotatable bonds is 4. The van der Waals surface area contributed by atoms with E-state index in [1.54, 1.807) is 33.2 Å². The number of carbonyl (C=O) groups is 2. The van der Waals surface area contributed by atoms with Gasteiger partial charge in [0.05, 0.1) is 6.54 Å². The van der Waals surface area contributed by atoms with Crippen LogP contribution in [0.2, 0.25) is 0 Å². The van der Waals surface area contributed by atoms with Crippen LogP contribution < -0.4 is 10.6 Å². The molecule has 1 atom stereocenters. The summed E-state index contributed by atoms with van der Waals surface area (Å²) in [5.74, 6) is -0.455. The van der Waals surface area contributed by atoms with E-state index in [2.05, 4.69) is 20.6 Å². The Morgan fingerprint density at radius 2 is 2.17 bits per heavy atom. The first-order valence-electron chi connectivity index (χ1n) is 5.56. The maximum Gasteiger partial charge on any atom is 0.326 e. The molecule has 0 aliphatic carbocycles. The zero-order valence-electron chi connectivity index (χ0n) is 10.7. The molecule has 1 aromatic heterocycles. The van der Waals surface area contributed by atoms with Crippen LogP contribution in [0, 0.1) is 5.41 Å². The zero-order valence-corrected chi connectivity index (χ0v) is 10.7. The lowest BCUT2D eigenvalue weighted by molar-refractivity contribution is -0.141. The Morgan fingerprint density at radius 1 is 1.50 bits per heavy atom. The molecule has 4 N–H and O–H groups in total. The maximum absolute atomic E-state index is 11.6. The average Bonchev–Trinajstić information content (AvgIpc) is 2.73. The number of nitrogens with one attached hydrogen (secondary N) is 3. The Kier molecular flexibility index (Phi) is 4.30. The van der Waals surface area contributed by atoms with E-state index < -0.39 is 23.5 Å². The number of amides is 2. The Hall–Kier alpha value is -2.05. The van der Waals surface area contributed by atoms with Gasteiger partial charge in [0.2, 0.25) is 0 Å². The summed E-state index contributed by atoms with van der Waals surface area (Å²) in [4.78, 5) is 29.4. The second-order valence-electron chi connectivity index (χ2n) is 5.00. The summed E-state index contributed by atoms with van der Waals surface area (Å²) in [5, 5.41) is 14.0. The fourth-order valence-electron chi connectivity index (χ4n) is 1.39. The Bertz CT molecular complexity index is 408. The van der Waals surface area contributed by atoms with Crippen molar-refractivity contribution in [2.24, 2.45) is 5.41 Å². The predicted octanol–water partition coefficient (Wildman–Crippen LogP) is 0.708. The number of nitrogens with zero attached hydrogens (tertiary/aromatic N) is 1. The predicted molar refractivity (Wildman–Crippen MR) is 64.8 cm³/mol. The third-order valence-electron chi connectivity index (χ3n) is 2.36. The number of carbonyl (C=O) groups excluding carboxylic acids is 1. The van der Waals surface area contributed by atoms with Crippen molar-refractivity contribution in [3.8, 4) is 0 Å². The molecule has 0 unspecified atom stereocenters. The number of imidazole rings is 1. The van der Waals surface area contributed by atoms with Gasteiger partial charge in [0, 0.05) is 12.4 Å². The topological polar surface area (TPSA) is 107 Å². The van der Waals surface area contributed by atoms with Crippen LogP contribution in [0.3, 0.4) is 0 Å². The van der Waals surface area contributed by atoms with Crippen LogP contribution in [0.1, 0.15) is 26.6 Å². The summed E-state index contributed by atoms with van der Waals surface area (Å²) >= 11 is 0. The minimum absolute atomic E-state index is 0.218. The lowest BCUT2D eigenvalue weighted by Gasteiger charge is -2.27. The zero-order chi connectivity index (χ0) is 13.8. The van der Waals surface area contributed by atoms with Gasteiger partial charge in [-0.2, -0.15) is 0 Å². The third-order valence-corrected chi connectivity index (χ3v) is 2.36. The van der Waals surface area contributed by atoms with Crippen molar-refractivity contribution < 1.29 is 14.7 Å². The minimum atomic E-state index is -1.06. The van der Waals surface area contributed by atoms with E-state index in [1.165, 1.54) is 0 Å². The molecule has 0 aromatic carbocycles. The molecule has 7 nitrogen and oxygen atoms in total. The summed E-state index contributed by atoms with van der Waals surface area (Å²) in [6.45, 7) is 5.46. The molecule has 0 bridgehead atoms. The molecular formula is C11H18N4O3. The van der Waals surface area contributed by atoms with Gasteiger partial charge in [-0.15, -0.1) is 0 Å². The average molecular weight is 254 g/mol. The number of hydrogen-bond acceptors (Lipinski definition) is 3. The van der Waals surface area contributed by atoms with Gasteiger partial charge in [0.25, 0.3) is 0 Å². The molecule has 1 aromatic rings. The van der Waals surface area contributed by atoms with Crippen molar-refractivity contribution in [3.63, 3.8) is 0 Å². The van der Waals surface area contributed by atoms with Gasteiger partial charge in [0.15, 0.2) is 0 Å². The van der Waals surface area contributed by atoms with Crippen LogP contribution >= 0.6 is 0 Å². The van der Waals surface area contributed by atoms with Gasteiger partial charge in [-0.1, -0.05) is 20.8 Å². The fraction of sp³-hybridized carbons (Fsp3) is 0.545.